The van der Waals surface area contributed by atoms with Gasteiger partial charge in [-0.3, -0.25) is 9.59 Å². The predicted molar refractivity (Wildman–Crippen MR) is 100 cm³/mol. The molecule has 0 fully saturated rings. The van der Waals surface area contributed by atoms with Crippen LogP contribution in [-0.2, 0) is 20.7 Å². The summed E-state index contributed by atoms with van der Waals surface area (Å²) in [4.78, 5) is 35.6. The lowest BCUT2D eigenvalue weighted by Gasteiger charge is -2.20. The normalized spacial score (nSPS) is 11.5. The summed E-state index contributed by atoms with van der Waals surface area (Å²) in [5, 5.41) is 2.52. The van der Waals surface area contributed by atoms with E-state index >= 15 is 0 Å². The summed E-state index contributed by atoms with van der Waals surface area (Å²) in [6.45, 7) is 10.7. The van der Waals surface area contributed by atoms with E-state index in [9.17, 15) is 14.4 Å². The maximum atomic E-state index is 12.3. The van der Waals surface area contributed by atoms with Gasteiger partial charge in [-0.25, -0.2) is 4.79 Å². The van der Waals surface area contributed by atoms with Crippen molar-refractivity contribution in [3.63, 3.8) is 0 Å². The summed E-state index contributed by atoms with van der Waals surface area (Å²) in [7, 11) is 3.02. The molecule has 0 aliphatic heterocycles. The number of amides is 1. The zero-order valence-corrected chi connectivity index (χ0v) is 16.8. The summed E-state index contributed by atoms with van der Waals surface area (Å²) < 4.78 is 15.2. The lowest BCUT2D eigenvalue weighted by molar-refractivity contribution is -0.145. The van der Waals surface area contributed by atoms with Gasteiger partial charge in [0.1, 0.15) is 7.11 Å². The fourth-order valence-electron chi connectivity index (χ4n) is 1.74. The highest BCUT2D eigenvalue weighted by Crippen LogP contribution is 2.32. The van der Waals surface area contributed by atoms with Crippen molar-refractivity contribution in [2.24, 2.45) is 10.8 Å². The Morgan fingerprint density at radius 3 is 1.93 bits per heavy atom. The molecule has 7 heteroatoms. The van der Waals surface area contributed by atoms with E-state index in [0.29, 0.717) is 13.0 Å². The Kier molecular flexibility index (Phi) is 7.39. The first-order chi connectivity index (χ1) is 12.3. The lowest BCUT2D eigenvalue weighted by atomic mass is 9.97. The van der Waals surface area contributed by atoms with E-state index in [-0.39, 0.29) is 11.5 Å². The van der Waals surface area contributed by atoms with Crippen LogP contribution in [-0.4, -0.2) is 24.6 Å². The van der Waals surface area contributed by atoms with Crippen LogP contribution in [0, 0.1) is 17.9 Å². The van der Waals surface area contributed by atoms with Gasteiger partial charge in [-0.05, 0) is 65.7 Å². The molecule has 0 aliphatic carbocycles. The molecular weight excluding hydrogens is 350 g/mol. The molecule has 1 aromatic carbocycles. The van der Waals surface area contributed by atoms with Gasteiger partial charge in [0.05, 0.1) is 10.8 Å². The number of ether oxygens (including phenoxy) is 3. The van der Waals surface area contributed by atoms with Gasteiger partial charge in [-0.15, -0.1) is 0 Å². The van der Waals surface area contributed by atoms with Crippen molar-refractivity contribution in [3.05, 3.63) is 30.9 Å². The highest BCUT2D eigenvalue weighted by atomic mass is 16.6. The van der Waals surface area contributed by atoms with Crippen molar-refractivity contribution in [1.29, 1.82) is 0 Å². The van der Waals surface area contributed by atoms with Crippen molar-refractivity contribution in [2.75, 3.05) is 6.54 Å². The van der Waals surface area contributed by atoms with Gasteiger partial charge >= 0.3 is 18.0 Å². The van der Waals surface area contributed by atoms with Crippen molar-refractivity contribution in [2.45, 2.75) is 48.0 Å². The van der Waals surface area contributed by atoms with E-state index in [4.69, 9.17) is 9.47 Å². The molecule has 0 aliphatic rings. The van der Waals surface area contributed by atoms with Crippen LogP contribution < -0.4 is 14.8 Å². The van der Waals surface area contributed by atoms with Gasteiger partial charge in [-0.2, -0.15) is 0 Å². The molecule has 0 saturated heterocycles. The SMILES string of the molecule is [CH2]OC(=O)NCCc1ccc(OC(=O)C(C)(C)C)c(OC(=O)C(C)(C)C)c1. The second kappa shape index (κ2) is 8.88. The van der Waals surface area contributed by atoms with Crippen LogP contribution in [0.3, 0.4) is 0 Å². The monoisotopic (exact) mass is 378 g/mol. The van der Waals surface area contributed by atoms with E-state index in [1.54, 1.807) is 59.7 Å². The minimum atomic E-state index is -0.721. The first kappa shape index (κ1) is 22.5. The summed E-state index contributed by atoms with van der Waals surface area (Å²) in [6, 6.07) is 4.92. The molecule has 0 spiro atoms. The fraction of sp³-hybridized carbons (Fsp3) is 0.500. The third kappa shape index (κ3) is 7.29. The molecular formula is C20H28NO6. The van der Waals surface area contributed by atoms with Crippen molar-refractivity contribution >= 4 is 18.0 Å². The minimum Gasteiger partial charge on any atom is -0.446 e. The third-order valence-electron chi connectivity index (χ3n) is 3.45. The van der Waals surface area contributed by atoms with Crippen molar-refractivity contribution in [3.8, 4) is 11.5 Å². The number of carbonyl (C=O) groups excluding carboxylic acids is 3. The third-order valence-corrected chi connectivity index (χ3v) is 3.45. The topological polar surface area (TPSA) is 90.9 Å². The largest absolute Gasteiger partial charge is 0.446 e. The smallest absolute Gasteiger partial charge is 0.407 e. The highest BCUT2D eigenvalue weighted by Gasteiger charge is 2.28. The first-order valence-electron chi connectivity index (χ1n) is 8.62. The molecule has 0 heterocycles. The average molecular weight is 378 g/mol. The number of nitrogens with one attached hydrogen (secondary N) is 1. The summed E-state index contributed by atoms with van der Waals surface area (Å²) >= 11 is 0. The highest BCUT2D eigenvalue weighted by molar-refractivity contribution is 5.81. The predicted octanol–water partition coefficient (Wildman–Crippen LogP) is 3.65. The van der Waals surface area contributed by atoms with Crippen LogP contribution in [0.2, 0.25) is 0 Å². The summed E-state index contributed by atoms with van der Waals surface area (Å²) in [5.74, 6) is -0.569. The fourth-order valence-corrected chi connectivity index (χ4v) is 1.74. The van der Waals surface area contributed by atoms with Gasteiger partial charge in [0.2, 0.25) is 0 Å². The number of rotatable bonds is 5. The van der Waals surface area contributed by atoms with Gasteiger partial charge < -0.3 is 19.5 Å². The molecule has 27 heavy (non-hydrogen) atoms. The Bertz CT molecular complexity index is 697. The number of alkyl carbamates (subject to hydrolysis) is 1. The standard InChI is InChI=1S/C20H28NO6/c1-19(2,3)16(22)26-14-9-8-13(10-11-21-18(24)25-7)12-15(14)27-17(23)20(4,5)6/h8-9,12H,7,10-11H2,1-6H3,(H,21,24). The molecule has 1 radical (unpaired) electrons. The van der Waals surface area contributed by atoms with Crippen LogP contribution in [0.4, 0.5) is 4.79 Å². The quantitative estimate of drug-likeness (QED) is 0.621. The van der Waals surface area contributed by atoms with Gasteiger partial charge in [-0.1, -0.05) is 6.07 Å². The molecule has 0 bridgehead atoms. The second-order valence-electron chi connectivity index (χ2n) is 8.17. The Balaban J connectivity index is 3.05. The Morgan fingerprint density at radius 2 is 1.44 bits per heavy atom. The Morgan fingerprint density at radius 1 is 0.926 bits per heavy atom. The molecule has 1 aromatic rings. The maximum Gasteiger partial charge on any atom is 0.407 e. The van der Waals surface area contributed by atoms with Crippen LogP contribution >= 0.6 is 0 Å². The van der Waals surface area contributed by atoms with Crippen molar-refractivity contribution in [1.82, 2.24) is 5.32 Å². The molecule has 149 valence electrons. The lowest BCUT2D eigenvalue weighted by Crippen LogP contribution is -2.28. The number of hydrogen-bond donors (Lipinski definition) is 1. The molecule has 0 saturated carbocycles. The van der Waals surface area contributed by atoms with Gasteiger partial charge in [0.25, 0.3) is 0 Å². The molecule has 0 atom stereocenters. The Hall–Kier alpha value is -2.57. The van der Waals surface area contributed by atoms with Gasteiger partial charge in [0.15, 0.2) is 11.5 Å². The molecule has 1 N–H and O–H groups in total. The van der Waals surface area contributed by atoms with Crippen LogP contribution in [0.15, 0.2) is 18.2 Å². The molecule has 1 rings (SSSR count). The number of esters is 2. The maximum absolute atomic E-state index is 12.3. The first-order valence-corrected chi connectivity index (χ1v) is 8.62. The van der Waals surface area contributed by atoms with E-state index in [0.717, 1.165) is 5.56 Å². The average Bonchev–Trinajstić information content (AvgIpc) is 2.54. The van der Waals surface area contributed by atoms with Crippen molar-refractivity contribution < 1.29 is 28.6 Å². The second-order valence-corrected chi connectivity index (χ2v) is 8.17. The summed E-state index contributed by atoms with van der Waals surface area (Å²) in [5.41, 5.74) is -0.643. The number of hydrogen-bond acceptors (Lipinski definition) is 6. The Labute approximate surface area is 160 Å². The number of benzene rings is 1. The van der Waals surface area contributed by atoms with Crippen LogP contribution in [0.1, 0.15) is 47.1 Å². The van der Waals surface area contributed by atoms with E-state index in [1.165, 1.54) is 0 Å². The van der Waals surface area contributed by atoms with Gasteiger partial charge in [0, 0.05) is 6.54 Å². The zero-order chi connectivity index (χ0) is 20.8. The molecule has 7 nitrogen and oxygen atoms in total. The van der Waals surface area contributed by atoms with Crippen LogP contribution in [0.5, 0.6) is 11.5 Å². The summed E-state index contributed by atoms with van der Waals surface area (Å²) in [6.07, 6.45) is -0.173. The van der Waals surface area contributed by atoms with E-state index in [1.807, 2.05) is 0 Å². The number of carbonyl (C=O) groups is 3. The molecule has 1 amide bonds. The van der Waals surface area contributed by atoms with Crippen LogP contribution in [0.25, 0.3) is 0 Å². The van der Waals surface area contributed by atoms with E-state index < -0.39 is 28.9 Å². The molecule has 0 aromatic heterocycles. The zero-order valence-electron chi connectivity index (χ0n) is 16.8. The van der Waals surface area contributed by atoms with E-state index in [2.05, 4.69) is 17.2 Å². The minimum absolute atomic E-state index is 0.157. The molecule has 0 unspecified atom stereocenters.